The van der Waals surface area contributed by atoms with Crippen LogP contribution in [-0.2, 0) is 4.74 Å². The first-order valence-electron chi connectivity index (χ1n) is 8.78. The summed E-state index contributed by atoms with van der Waals surface area (Å²) >= 11 is 1.70. The zero-order valence-electron chi connectivity index (χ0n) is 15.3. The van der Waals surface area contributed by atoms with Crippen LogP contribution in [0.25, 0.3) is 0 Å². The molecule has 0 N–H and O–H groups in total. The van der Waals surface area contributed by atoms with Gasteiger partial charge in [-0.15, -0.1) is 11.8 Å². The molecule has 134 valence electrons. The van der Waals surface area contributed by atoms with Gasteiger partial charge < -0.3 is 9.47 Å². The minimum atomic E-state index is -0.627. The van der Waals surface area contributed by atoms with Crippen LogP contribution >= 0.6 is 11.8 Å². The molecule has 0 amide bonds. The van der Waals surface area contributed by atoms with Gasteiger partial charge in [-0.1, -0.05) is 25.3 Å². The molecule has 1 aromatic carbocycles. The van der Waals surface area contributed by atoms with E-state index in [-0.39, 0.29) is 0 Å². The third kappa shape index (κ3) is 5.42. The lowest BCUT2D eigenvalue weighted by molar-refractivity contribution is 0.103. The zero-order valence-corrected chi connectivity index (χ0v) is 16.1. The van der Waals surface area contributed by atoms with Crippen LogP contribution in [0.4, 0.5) is 4.79 Å². The second-order valence-electron chi connectivity index (χ2n) is 6.64. The van der Waals surface area contributed by atoms with Gasteiger partial charge in [0.2, 0.25) is 0 Å². The molecule has 0 aliphatic heterocycles. The summed E-state index contributed by atoms with van der Waals surface area (Å²) in [5.74, 6) is 2.11. The Labute approximate surface area is 149 Å². The van der Waals surface area contributed by atoms with Crippen molar-refractivity contribution in [3.05, 3.63) is 23.3 Å². The van der Waals surface area contributed by atoms with E-state index in [2.05, 4.69) is 17.0 Å². The standard InChI is InChI=1S/C19H29NO3S/c1-5-22-19(21)23-18-14(2)11-16(15-9-7-6-8-10-15)12-17(18)24-13-20(3)4/h11-12,15H,5-10,13H2,1-4H3. The van der Waals surface area contributed by atoms with Crippen LogP contribution in [0, 0.1) is 6.92 Å². The van der Waals surface area contributed by atoms with Crippen LogP contribution in [0.15, 0.2) is 17.0 Å². The summed E-state index contributed by atoms with van der Waals surface area (Å²) in [6.45, 7) is 4.11. The molecule has 0 bridgehead atoms. The maximum atomic E-state index is 11.8. The Morgan fingerprint density at radius 1 is 1.25 bits per heavy atom. The quantitative estimate of drug-likeness (QED) is 0.305. The maximum Gasteiger partial charge on any atom is 0.513 e. The Morgan fingerprint density at radius 2 is 1.96 bits per heavy atom. The first kappa shape index (κ1) is 19.1. The summed E-state index contributed by atoms with van der Waals surface area (Å²) in [5, 5.41) is 0. The highest BCUT2D eigenvalue weighted by Gasteiger charge is 2.20. The van der Waals surface area contributed by atoms with Gasteiger partial charge in [0.15, 0.2) is 5.75 Å². The van der Waals surface area contributed by atoms with E-state index in [0.29, 0.717) is 18.3 Å². The maximum absolute atomic E-state index is 11.8. The predicted molar refractivity (Wildman–Crippen MR) is 99.1 cm³/mol. The summed E-state index contributed by atoms with van der Waals surface area (Å²) in [6.07, 6.45) is 5.86. The summed E-state index contributed by atoms with van der Waals surface area (Å²) in [4.78, 5) is 14.9. The summed E-state index contributed by atoms with van der Waals surface area (Å²) in [6, 6.07) is 4.40. The minimum absolute atomic E-state index is 0.318. The van der Waals surface area contributed by atoms with E-state index in [9.17, 15) is 4.79 Å². The average molecular weight is 352 g/mol. The monoisotopic (exact) mass is 351 g/mol. The number of ether oxygens (including phenoxy) is 2. The van der Waals surface area contributed by atoms with Gasteiger partial charge in [0, 0.05) is 5.88 Å². The van der Waals surface area contributed by atoms with Crippen LogP contribution in [0.5, 0.6) is 5.75 Å². The predicted octanol–water partition coefficient (Wildman–Crippen LogP) is 5.19. The highest BCUT2D eigenvalue weighted by molar-refractivity contribution is 7.99. The van der Waals surface area contributed by atoms with Crippen molar-refractivity contribution < 1.29 is 14.3 Å². The van der Waals surface area contributed by atoms with Crippen LogP contribution < -0.4 is 4.74 Å². The van der Waals surface area contributed by atoms with E-state index in [1.165, 1.54) is 37.7 Å². The topological polar surface area (TPSA) is 38.8 Å². The summed E-state index contributed by atoms with van der Waals surface area (Å²) in [7, 11) is 4.08. The Bertz CT molecular complexity index is 554. The van der Waals surface area contributed by atoms with E-state index >= 15 is 0 Å². The molecule has 0 aromatic heterocycles. The number of carbonyl (C=O) groups is 1. The fraction of sp³-hybridized carbons (Fsp3) is 0.632. The number of aryl methyl sites for hydroxylation is 1. The summed E-state index contributed by atoms with van der Waals surface area (Å²) < 4.78 is 10.4. The van der Waals surface area contributed by atoms with E-state index in [1.54, 1.807) is 18.7 Å². The molecule has 0 atom stereocenters. The highest BCUT2D eigenvalue weighted by atomic mass is 32.2. The van der Waals surface area contributed by atoms with Gasteiger partial charge in [-0.2, -0.15) is 0 Å². The molecule has 0 spiro atoms. The zero-order chi connectivity index (χ0) is 17.5. The SMILES string of the molecule is CCOC(=O)Oc1c(C)cc(C2CCCCC2)cc1SCN(C)C. The molecule has 0 radical (unpaired) electrons. The van der Waals surface area contributed by atoms with Crippen LogP contribution in [0.2, 0.25) is 0 Å². The molecule has 2 rings (SSSR count). The van der Waals surface area contributed by atoms with E-state index in [4.69, 9.17) is 9.47 Å². The van der Waals surface area contributed by atoms with Gasteiger partial charge in [0.1, 0.15) is 0 Å². The molecule has 1 fully saturated rings. The van der Waals surface area contributed by atoms with Crippen LogP contribution in [0.3, 0.4) is 0 Å². The van der Waals surface area contributed by atoms with Gasteiger partial charge >= 0.3 is 6.16 Å². The van der Waals surface area contributed by atoms with E-state index in [0.717, 1.165) is 16.3 Å². The fourth-order valence-electron chi connectivity index (χ4n) is 3.11. The molecule has 4 nitrogen and oxygen atoms in total. The van der Waals surface area contributed by atoms with Crippen molar-refractivity contribution >= 4 is 17.9 Å². The molecular weight excluding hydrogens is 322 g/mol. The Hall–Kier alpha value is -1.20. The van der Waals surface area contributed by atoms with Crippen molar-refractivity contribution in [2.45, 2.75) is 56.8 Å². The third-order valence-corrected chi connectivity index (χ3v) is 5.53. The Morgan fingerprint density at radius 3 is 2.58 bits per heavy atom. The fourth-order valence-corrected chi connectivity index (χ4v) is 4.06. The number of benzene rings is 1. The lowest BCUT2D eigenvalue weighted by Gasteiger charge is -2.24. The lowest BCUT2D eigenvalue weighted by Crippen LogP contribution is -2.14. The number of hydrogen-bond acceptors (Lipinski definition) is 5. The second-order valence-corrected chi connectivity index (χ2v) is 7.62. The first-order chi connectivity index (χ1) is 11.5. The van der Waals surface area contributed by atoms with Gasteiger partial charge in [0.05, 0.1) is 11.5 Å². The van der Waals surface area contributed by atoms with Gasteiger partial charge in [0.25, 0.3) is 0 Å². The lowest BCUT2D eigenvalue weighted by atomic mass is 9.83. The van der Waals surface area contributed by atoms with Gasteiger partial charge in [-0.25, -0.2) is 4.79 Å². The third-order valence-electron chi connectivity index (χ3n) is 4.27. The molecule has 5 heteroatoms. The van der Waals surface area contributed by atoms with Gasteiger partial charge in [-0.05, 0) is 63.9 Å². The molecule has 1 aliphatic carbocycles. The first-order valence-corrected chi connectivity index (χ1v) is 9.76. The van der Waals surface area contributed by atoms with Crippen molar-refractivity contribution in [1.82, 2.24) is 4.90 Å². The molecular formula is C19H29NO3S. The summed E-state index contributed by atoms with van der Waals surface area (Å²) in [5.41, 5.74) is 2.39. The molecule has 0 saturated heterocycles. The van der Waals surface area contributed by atoms with Crippen molar-refractivity contribution in [3.63, 3.8) is 0 Å². The molecule has 1 aromatic rings. The Balaban J connectivity index is 2.27. The van der Waals surface area contributed by atoms with Crippen LogP contribution in [0.1, 0.15) is 56.1 Å². The van der Waals surface area contributed by atoms with Gasteiger partial charge in [-0.3, -0.25) is 4.90 Å². The molecule has 0 unspecified atom stereocenters. The van der Waals surface area contributed by atoms with E-state index in [1.807, 2.05) is 21.0 Å². The smallest absolute Gasteiger partial charge is 0.434 e. The molecule has 0 heterocycles. The van der Waals surface area contributed by atoms with Crippen molar-refractivity contribution in [1.29, 1.82) is 0 Å². The number of carbonyl (C=O) groups excluding carboxylic acids is 1. The molecule has 24 heavy (non-hydrogen) atoms. The van der Waals surface area contributed by atoms with E-state index < -0.39 is 6.16 Å². The van der Waals surface area contributed by atoms with Crippen LogP contribution in [-0.4, -0.2) is 37.6 Å². The van der Waals surface area contributed by atoms with Crippen molar-refractivity contribution in [2.75, 3.05) is 26.6 Å². The number of hydrogen-bond donors (Lipinski definition) is 0. The number of thioether (sulfide) groups is 1. The van der Waals surface area contributed by atoms with Crippen molar-refractivity contribution in [2.24, 2.45) is 0 Å². The van der Waals surface area contributed by atoms with Crippen molar-refractivity contribution in [3.8, 4) is 5.75 Å². The minimum Gasteiger partial charge on any atom is -0.434 e. The normalized spacial score (nSPS) is 15.5. The highest BCUT2D eigenvalue weighted by Crippen LogP contribution is 2.40. The average Bonchev–Trinajstić information content (AvgIpc) is 2.56. The molecule has 1 saturated carbocycles. The largest absolute Gasteiger partial charge is 0.513 e. The number of nitrogens with zero attached hydrogens (tertiary/aromatic N) is 1. The molecule has 1 aliphatic rings. The Kier molecular flexibility index (Phi) is 7.43. The second kappa shape index (κ2) is 9.33. The number of rotatable bonds is 6.